The second-order valence-corrected chi connectivity index (χ2v) is 7.40. The fraction of sp³-hybridized carbons (Fsp3) is 0.688. The van der Waals surface area contributed by atoms with Crippen LogP contribution in [0, 0.1) is 5.92 Å². The predicted octanol–water partition coefficient (Wildman–Crippen LogP) is 2.38. The third kappa shape index (κ3) is 2.01. The highest BCUT2D eigenvalue weighted by molar-refractivity contribution is 7.10. The lowest BCUT2D eigenvalue weighted by Gasteiger charge is -2.39. The first kappa shape index (κ1) is 12.8. The summed E-state index contributed by atoms with van der Waals surface area (Å²) < 4.78 is 0. The van der Waals surface area contributed by atoms with Gasteiger partial charge in [-0.05, 0) is 55.0 Å². The average Bonchev–Trinajstić information content (AvgIpc) is 3.13. The monoisotopic (exact) mass is 290 g/mol. The molecule has 2 saturated heterocycles. The molecule has 0 saturated carbocycles. The molecule has 3 nitrogen and oxygen atoms in total. The van der Waals surface area contributed by atoms with Crippen LogP contribution in [0.2, 0.25) is 0 Å². The molecule has 3 heterocycles. The largest absolute Gasteiger partial charge is 0.338 e. The molecule has 1 amide bonds. The summed E-state index contributed by atoms with van der Waals surface area (Å²) in [5.74, 6) is 1.24. The Morgan fingerprint density at radius 2 is 2.25 bits per heavy atom. The number of rotatable bonds is 1. The molecule has 0 spiro atoms. The van der Waals surface area contributed by atoms with Crippen molar-refractivity contribution >= 4 is 17.2 Å². The number of carbonyl (C=O) groups is 1. The fourth-order valence-electron chi connectivity index (χ4n) is 4.28. The summed E-state index contributed by atoms with van der Waals surface area (Å²) in [6, 6.07) is 2.65. The zero-order valence-electron chi connectivity index (χ0n) is 11.8. The highest BCUT2D eigenvalue weighted by atomic mass is 32.1. The van der Waals surface area contributed by atoms with E-state index in [-0.39, 0.29) is 5.92 Å². The van der Waals surface area contributed by atoms with Crippen LogP contribution >= 0.6 is 11.3 Å². The molecule has 1 aromatic rings. The van der Waals surface area contributed by atoms with Gasteiger partial charge in [0.15, 0.2) is 0 Å². The van der Waals surface area contributed by atoms with Gasteiger partial charge in [-0.1, -0.05) is 0 Å². The summed E-state index contributed by atoms with van der Waals surface area (Å²) in [7, 11) is 0. The number of nitrogens with one attached hydrogen (secondary N) is 1. The minimum Gasteiger partial charge on any atom is -0.338 e. The topological polar surface area (TPSA) is 32.3 Å². The number of nitrogens with zero attached hydrogens (tertiary/aromatic N) is 1. The van der Waals surface area contributed by atoms with Crippen molar-refractivity contribution in [3.8, 4) is 0 Å². The van der Waals surface area contributed by atoms with Gasteiger partial charge in [-0.25, -0.2) is 0 Å². The first-order valence-corrected chi connectivity index (χ1v) is 8.80. The van der Waals surface area contributed by atoms with Gasteiger partial charge < -0.3 is 10.2 Å². The molecular weight excluding hydrogens is 268 g/mol. The van der Waals surface area contributed by atoms with Crippen LogP contribution < -0.4 is 5.32 Å². The third-order valence-electron chi connectivity index (χ3n) is 5.31. The lowest BCUT2D eigenvalue weighted by molar-refractivity contribution is -0.137. The van der Waals surface area contributed by atoms with Crippen LogP contribution in [0.3, 0.4) is 0 Å². The maximum Gasteiger partial charge on any atom is 0.230 e. The van der Waals surface area contributed by atoms with Crippen molar-refractivity contribution in [1.82, 2.24) is 10.2 Å². The van der Waals surface area contributed by atoms with Gasteiger partial charge >= 0.3 is 0 Å². The summed E-state index contributed by atoms with van der Waals surface area (Å²) in [6.07, 6.45) is 5.85. The fourth-order valence-corrected chi connectivity index (χ4v) is 5.27. The minimum atomic E-state index is 0.143. The highest BCUT2D eigenvalue weighted by Crippen LogP contribution is 2.38. The number of likely N-dealkylation sites (tertiary alicyclic amines) is 1. The Bertz CT molecular complexity index is 512. The lowest BCUT2D eigenvalue weighted by atomic mass is 9.84. The van der Waals surface area contributed by atoms with Crippen LogP contribution in [0.1, 0.15) is 42.0 Å². The zero-order chi connectivity index (χ0) is 13.5. The number of aryl methyl sites for hydroxylation is 1. The Hall–Kier alpha value is -0.870. The number of hydrogen-bond donors (Lipinski definition) is 1. The van der Waals surface area contributed by atoms with E-state index in [1.807, 2.05) is 11.3 Å². The van der Waals surface area contributed by atoms with Gasteiger partial charge in [-0.2, -0.15) is 0 Å². The van der Waals surface area contributed by atoms with Gasteiger partial charge in [0.05, 0.1) is 5.92 Å². The van der Waals surface area contributed by atoms with Gasteiger partial charge in [0.25, 0.3) is 0 Å². The van der Waals surface area contributed by atoms with E-state index < -0.39 is 0 Å². The number of thiophene rings is 1. The van der Waals surface area contributed by atoms with Crippen LogP contribution in [0.25, 0.3) is 0 Å². The second-order valence-electron chi connectivity index (χ2n) is 6.40. The zero-order valence-corrected chi connectivity index (χ0v) is 12.6. The van der Waals surface area contributed by atoms with Gasteiger partial charge in [0, 0.05) is 30.6 Å². The summed E-state index contributed by atoms with van der Waals surface area (Å²) in [5.41, 5.74) is 1.33. The maximum absolute atomic E-state index is 13.1. The minimum absolute atomic E-state index is 0.143. The molecule has 108 valence electrons. The summed E-state index contributed by atoms with van der Waals surface area (Å²) in [5, 5.41) is 5.63. The molecule has 2 aliphatic heterocycles. The molecule has 0 aromatic carbocycles. The molecule has 1 N–H and O–H groups in total. The van der Waals surface area contributed by atoms with Crippen LogP contribution in [-0.2, 0) is 11.2 Å². The Morgan fingerprint density at radius 1 is 1.30 bits per heavy atom. The van der Waals surface area contributed by atoms with Crippen LogP contribution in [0.15, 0.2) is 11.4 Å². The number of piperidine rings is 1. The Labute approximate surface area is 124 Å². The van der Waals surface area contributed by atoms with Crippen molar-refractivity contribution in [1.29, 1.82) is 0 Å². The molecule has 2 fully saturated rings. The predicted molar refractivity (Wildman–Crippen MR) is 81.1 cm³/mol. The SMILES string of the molecule is O=C(C1CCCc2sccc21)N1CCCC2CNCC21. The molecule has 4 heteroatoms. The first-order valence-electron chi connectivity index (χ1n) is 7.92. The smallest absolute Gasteiger partial charge is 0.230 e. The van der Waals surface area contributed by atoms with E-state index in [0.717, 1.165) is 26.1 Å². The molecule has 3 unspecified atom stereocenters. The molecular formula is C16H22N2OS. The average molecular weight is 290 g/mol. The van der Waals surface area contributed by atoms with Crippen molar-refractivity contribution in [3.05, 3.63) is 21.9 Å². The maximum atomic E-state index is 13.1. The van der Waals surface area contributed by atoms with Crippen molar-refractivity contribution in [2.24, 2.45) is 5.92 Å². The van der Waals surface area contributed by atoms with E-state index >= 15 is 0 Å². The van der Waals surface area contributed by atoms with Crippen molar-refractivity contribution < 1.29 is 4.79 Å². The second kappa shape index (κ2) is 5.15. The van der Waals surface area contributed by atoms with Crippen molar-refractivity contribution in [3.63, 3.8) is 0 Å². The Morgan fingerprint density at radius 3 is 3.20 bits per heavy atom. The third-order valence-corrected chi connectivity index (χ3v) is 6.31. The van der Waals surface area contributed by atoms with Crippen molar-refractivity contribution in [2.75, 3.05) is 19.6 Å². The van der Waals surface area contributed by atoms with Crippen LogP contribution in [0.5, 0.6) is 0 Å². The molecule has 20 heavy (non-hydrogen) atoms. The summed E-state index contributed by atoms with van der Waals surface area (Å²) >= 11 is 1.83. The number of fused-ring (bicyclic) bond motifs is 2. The molecule has 0 radical (unpaired) electrons. The normalized spacial score (nSPS) is 32.8. The molecule has 1 aromatic heterocycles. The van der Waals surface area contributed by atoms with Crippen molar-refractivity contribution in [2.45, 2.75) is 44.1 Å². The van der Waals surface area contributed by atoms with Gasteiger partial charge in [0.1, 0.15) is 0 Å². The lowest BCUT2D eigenvalue weighted by Crippen LogP contribution is -2.50. The van der Waals surface area contributed by atoms with E-state index in [4.69, 9.17) is 0 Å². The first-order chi connectivity index (χ1) is 9.84. The molecule has 3 atom stereocenters. The summed E-state index contributed by atoms with van der Waals surface area (Å²) in [4.78, 5) is 16.7. The van der Waals surface area contributed by atoms with Crippen LogP contribution in [0.4, 0.5) is 0 Å². The van der Waals surface area contributed by atoms with E-state index in [0.29, 0.717) is 17.9 Å². The number of carbonyl (C=O) groups excluding carboxylic acids is 1. The highest BCUT2D eigenvalue weighted by Gasteiger charge is 2.40. The number of hydrogen-bond acceptors (Lipinski definition) is 3. The van der Waals surface area contributed by atoms with E-state index in [1.54, 1.807) is 0 Å². The van der Waals surface area contributed by atoms with Gasteiger partial charge in [-0.3, -0.25) is 4.79 Å². The Balaban J connectivity index is 1.59. The van der Waals surface area contributed by atoms with Gasteiger partial charge in [-0.15, -0.1) is 11.3 Å². The van der Waals surface area contributed by atoms with E-state index in [1.165, 1.54) is 36.1 Å². The molecule has 4 rings (SSSR count). The molecule has 3 aliphatic rings. The van der Waals surface area contributed by atoms with E-state index in [2.05, 4.69) is 21.7 Å². The molecule has 0 bridgehead atoms. The standard InChI is InChI=1S/C16H22N2OS/c19-16(13-4-1-5-15-12(13)6-8-20-15)18-7-2-3-11-9-17-10-14(11)18/h6,8,11,13-14,17H,1-5,7,9-10H2. The quantitative estimate of drug-likeness (QED) is 0.861. The molecule has 1 aliphatic carbocycles. The number of amides is 1. The van der Waals surface area contributed by atoms with E-state index in [9.17, 15) is 4.79 Å². The Kier molecular flexibility index (Phi) is 3.31. The van der Waals surface area contributed by atoms with Crippen LogP contribution in [-0.4, -0.2) is 36.5 Å². The van der Waals surface area contributed by atoms with Gasteiger partial charge in [0.2, 0.25) is 5.91 Å². The summed E-state index contributed by atoms with van der Waals surface area (Å²) in [6.45, 7) is 3.07.